The smallest absolute Gasteiger partial charge is 0.263 e. The standard InChI is InChI=1S/C10H15ClN2O/c11-10-12-9(14-13-10)8-6-4-2-1-3-5-7-8/h8H,1-7H2. The summed E-state index contributed by atoms with van der Waals surface area (Å²) in [5.41, 5.74) is 0. The minimum Gasteiger partial charge on any atom is -0.338 e. The second-order valence-corrected chi connectivity index (χ2v) is 4.28. The first-order chi connectivity index (χ1) is 6.86. The molecule has 3 nitrogen and oxygen atoms in total. The third-order valence-corrected chi connectivity index (χ3v) is 3.02. The molecule has 1 aliphatic rings. The number of aromatic nitrogens is 2. The number of hydrogen-bond donors (Lipinski definition) is 0. The van der Waals surface area contributed by atoms with Crippen molar-refractivity contribution >= 4 is 11.6 Å². The van der Waals surface area contributed by atoms with Gasteiger partial charge in [0.2, 0.25) is 5.89 Å². The van der Waals surface area contributed by atoms with E-state index < -0.39 is 0 Å². The number of nitrogens with zero attached hydrogens (tertiary/aromatic N) is 2. The molecule has 0 bridgehead atoms. The van der Waals surface area contributed by atoms with Crippen molar-refractivity contribution in [3.05, 3.63) is 11.2 Å². The van der Waals surface area contributed by atoms with Gasteiger partial charge >= 0.3 is 0 Å². The van der Waals surface area contributed by atoms with Gasteiger partial charge in [-0.3, -0.25) is 0 Å². The zero-order valence-corrected chi connectivity index (χ0v) is 8.96. The molecule has 0 spiro atoms. The van der Waals surface area contributed by atoms with Crippen LogP contribution in [0, 0.1) is 0 Å². The normalized spacial score (nSPS) is 20.4. The zero-order valence-electron chi connectivity index (χ0n) is 8.21. The molecule has 1 aliphatic carbocycles. The van der Waals surface area contributed by atoms with E-state index in [4.69, 9.17) is 16.1 Å². The summed E-state index contributed by atoms with van der Waals surface area (Å²) in [6.07, 6.45) is 8.90. The third kappa shape index (κ3) is 2.47. The highest BCUT2D eigenvalue weighted by Crippen LogP contribution is 2.30. The molecular weight excluding hydrogens is 200 g/mol. The van der Waals surface area contributed by atoms with E-state index in [2.05, 4.69) is 10.1 Å². The molecule has 78 valence electrons. The van der Waals surface area contributed by atoms with Crippen molar-refractivity contribution in [3.63, 3.8) is 0 Å². The van der Waals surface area contributed by atoms with Crippen molar-refractivity contribution in [3.8, 4) is 0 Å². The maximum Gasteiger partial charge on any atom is 0.263 e. The minimum atomic E-state index is 0.238. The monoisotopic (exact) mass is 214 g/mol. The van der Waals surface area contributed by atoms with Crippen LogP contribution in [-0.2, 0) is 0 Å². The summed E-state index contributed by atoms with van der Waals surface area (Å²) in [6, 6.07) is 0. The number of rotatable bonds is 1. The van der Waals surface area contributed by atoms with E-state index in [1.54, 1.807) is 0 Å². The molecule has 1 saturated carbocycles. The molecule has 0 unspecified atom stereocenters. The van der Waals surface area contributed by atoms with Gasteiger partial charge in [0.1, 0.15) is 0 Å². The Morgan fingerprint density at radius 1 is 1.07 bits per heavy atom. The minimum absolute atomic E-state index is 0.238. The van der Waals surface area contributed by atoms with E-state index >= 15 is 0 Å². The van der Waals surface area contributed by atoms with Gasteiger partial charge in [-0.25, -0.2) is 0 Å². The van der Waals surface area contributed by atoms with Gasteiger partial charge in [-0.15, -0.1) is 0 Å². The van der Waals surface area contributed by atoms with Gasteiger partial charge in [-0.05, 0) is 29.6 Å². The van der Waals surface area contributed by atoms with Crippen LogP contribution in [0.25, 0.3) is 0 Å². The molecule has 2 rings (SSSR count). The van der Waals surface area contributed by atoms with Gasteiger partial charge in [0.05, 0.1) is 0 Å². The van der Waals surface area contributed by atoms with Crippen molar-refractivity contribution < 1.29 is 4.52 Å². The van der Waals surface area contributed by atoms with Crippen LogP contribution < -0.4 is 0 Å². The Balaban J connectivity index is 2.00. The molecule has 0 aliphatic heterocycles. The van der Waals surface area contributed by atoms with Crippen LogP contribution in [0.15, 0.2) is 4.52 Å². The summed E-state index contributed by atoms with van der Waals surface area (Å²) < 4.78 is 5.11. The molecule has 4 heteroatoms. The second-order valence-electron chi connectivity index (χ2n) is 3.94. The Morgan fingerprint density at radius 3 is 2.29 bits per heavy atom. The molecule has 1 aromatic rings. The Labute approximate surface area is 88.8 Å². The summed E-state index contributed by atoms with van der Waals surface area (Å²) in [4.78, 5) is 4.09. The van der Waals surface area contributed by atoms with Crippen molar-refractivity contribution in [2.75, 3.05) is 0 Å². The first-order valence-electron chi connectivity index (χ1n) is 5.35. The average Bonchev–Trinajstić information content (AvgIpc) is 2.51. The Bertz CT molecular complexity index is 279. The van der Waals surface area contributed by atoms with Crippen molar-refractivity contribution in [1.29, 1.82) is 0 Å². The number of halogens is 1. The highest BCUT2D eigenvalue weighted by molar-refractivity contribution is 6.28. The van der Waals surface area contributed by atoms with Crippen LogP contribution >= 0.6 is 11.6 Å². The van der Waals surface area contributed by atoms with Crippen LogP contribution in [-0.4, -0.2) is 10.1 Å². The fraction of sp³-hybridized carbons (Fsp3) is 0.800. The van der Waals surface area contributed by atoms with E-state index in [0.29, 0.717) is 5.92 Å². The molecule has 0 amide bonds. The fourth-order valence-electron chi connectivity index (χ4n) is 2.09. The Hall–Kier alpha value is -0.570. The van der Waals surface area contributed by atoms with Crippen LogP contribution in [0.1, 0.15) is 56.8 Å². The lowest BCUT2D eigenvalue weighted by atomic mass is 9.91. The lowest BCUT2D eigenvalue weighted by Crippen LogP contribution is -2.02. The third-order valence-electron chi connectivity index (χ3n) is 2.87. The molecule has 1 aromatic heterocycles. The van der Waals surface area contributed by atoms with Crippen molar-refractivity contribution in [2.24, 2.45) is 0 Å². The average molecular weight is 215 g/mol. The van der Waals surface area contributed by atoms with Gasteiger partial charge in [-0.1, -0.05) is 32.1 Å². The molecule has 0 saturated heterocycles. The van der Waals surface area contributed by atoms with E-state index in [0.717, 1.165) is 5.89 Å². The summed E-state index contributed by atoms with van der Waals surface area (Å²) in [7, 11) is 0. The molecule has 0 atom stereocenters. The Morgan fingerprint density at radius 2 is 1.71 bits per heavy atom. The van der Waals surface area contributed by atoms with Crippen LogP contribution in [0.4, 0.5) is 0 Å². The van der Waals surface area contributed by atoms with E-state index in [1.165, 1.54) is 44.9 Å². The largest absolute Gasteiger partial charge is 0.338 e. The molecular formula is C10H15ClN2O. The molecule has 0 radical (unpaired) electrons. The highest BCUT2D eigenvalue weighted by Gasteiger charge is 2.19. The predicted molar refractivity (Wildman–Crippen MR) is 54.4 cm³/mol. The van der Waals surface area contributed by atoms with E-state index in [1.807, 2.05) is 0 Å². The van der Waals surface area contributed by atoms with Gasteiger partial charge in [-0.2, -0.15) is 4.98 Å². The quantitative estimate of drug-likeness (QED) is 0.718. The Kier molecular flexibility index (Phi) is 3.40. The lowest BCUT2D eigenvalue weighted by Gasteiger charge is -2.15. The lowest BCUT2D eigenvalue weighted by molar-refractivity contribution is 0.322. The molecule has 14 heavy (non-hydrogen) atoms. The van der Waals surface area contributed by atoms with Crippen molar-refractivity contribution in [1.82, 2.24) is 10.1 Å². The summed E-state index contributed by atoms with van der Waals surface area (Å²) in [5.74, 6) is 1.17. The maximum absolute atomic E-state index is 5.64. The van der Waals surface area contributed by atoms with E-state index in [9.17, 15) is 0 Å². The molecule has 0 aromatic carbocycles. The van der Waals surface area contributed by atoms with Crippen molar-refractivity contribution in [2.45, 2.75) is 50.9 Å². The van der Waals surface area contributed by atoms with Gasteiger partial charge < -0.3 is 4.52 Å². The number of hydrogen-bond acceptors (Lipinski definition) is 3. The zero-order chi connectivity index (χ0) is 9.80. The van der Waals surface area contributed by atoms with E-state index in [-0.39, 0.29) is 5.28 Å². The maximum atomic E-state index is 5.64. The summed E-state index contributed by atoms with van der Waals surface area (Å²) in [6.45, 7) is 0. The van der Waals surface area contributed by atoms with Gasteiger partial charge in [0.15, 0.2) is 0 Å². The van der Waals surface area contributed by atoms with Gasteiger partial charge in [0.25, 0.3) is 5.28 Å². The summed E-state index contributed by atoms with van der Waals surface area (Å²) in [5, 5.41) is 3.86. The van der Waals surface area contributed by atoms with Gasteiger partial charge in [0, 0.05) is 5.92 Å². The predicted octanol–water partition coefficient (Wildman–Crippen LogP) is 3.55. The molecule has 0 N–H and O–H groups in total. The second kappa shape index (κ2) is 4.78. The molecule has 1 fully saturated rings. The van der Waals surface area contributed by atoms with Crippen LogP contribution in [0.2, 0.25) is 5.28 Å². The fourth-order valence-corrected chi connectivity index (χ4v) is 2.20. The summed E-state index contributed by atoms with van der Waals surface area (Å²) >= 11 is 5.64. The first kappa shape index (κ1) is 9.97. The van der Waals surface area contributed by atoms with Crippen LogP contribution in [0.3, 0.4) is 0 Å². The SMILES string of the molecule is Clc1noc(C2CCCCCCC2)n1. The first-order valence-corrected chi connectivity index (χ1v) is 5.73. The van der Waals surface area contributed by atoms with Crippen LogP contribution in [0.5, 0.6) is 0 Å². The topological polar surface area (TPSA) is 38.9 Å². The molecule has 1 heterocycles. The highest BCUT2D eigenvalue weighted by atomic mass is 35.5.